The molecule has 2 aromatic carbocycles. The molecule has 1 aliphatic heterocycles. The number of methoxy groups -OCH3 is 1. The van der Waals surface area contributed by atoms with Crippen molar-refractivity contribution in [3.05, 3.63) is 59.7 Å². The van der Waals surface area contributed by atoms with Gasteiger partial charge in [-0.15, -0.1) is 0 Å². The molecule has 0 unspecified atom stereocenters. The van der Waals surface area contributed by atoms with Gasteiger partial charge in [-0.05, 0) is 29.8 Å². The molecular formula is C20H24N2O5S. The average Bonchev–Trinajstić information content (AvgIpc) is 2.75. The number of nitrogens with zero attached hydrogens (tertiary/aromatic N) is 1. The van der Waals surface area contributed by atoms with Crippen molar-refractivity contribution in [1.29, 1.82) is 0 Å². The third-order valence-corrected chi connectivity index (χ3v) is 6.43. The summed E-state index contributed by atoms with van der Waals surface area (Å²) in [6.45, 7) is 2.06. The Balaban J connectivity index is 1.61. The molecule has 0 aliphatic carbocycles. The van der Waals surface area contributed by atoms with Crippen LogP contribution in [-0.4, -0.2) is 58.5 Å². The lowest BCUT2D eigenvalue weighted by atomic mass is 10.1. The lowest BCUT2D eigenvalue weighted by molar-refractivity contribution is 0.0730. The second-order valence-corrected chi connectivity index (χ2v) is 8.36. The van der Waals surface area contributed by atoms with E-state index in [1.54, 1.807) is 19.2 Å². The fourth-order valence-corrected chi connectivity index (χ4v) is 4.39. The molecule has 1 heterocycles. The predicted octanol–water partition coefficient (Wildman–Crippen LogP) is 1.69. The van der Waals surface area contributed by atoms with E-state index in [0.717, 1.165) is 11.3 Å². The Morgan fingerprint density at radius 2 is 1.86 bits per heavy atom. The molecule has 8 heteroatoms. The van der Waals surface area contributed by atoms with Crippen molar-refractivity contribution < 1.29 is 22.7 Å². The quantitative estimate of drug-likeness (QED) is 0.674. The van der Waals surface area contributed by atoms with Gasteiger partial charge in [-0.25, -0.2) is 8.42 Å². The van der Waals surface area contributed by atoms with Crippen LogP contribution in [0.25, 0.3) is 0 Å². The lowest BCUT2D eigenvalue weighted by Gasteiger charge is -2.26. The van der Waals surface area contributed by atoms with Gasteiger partial charge in [0.25, 0.3) is 0 Å². The van der Waals surface area contributed by atoms with Crippen LogP contribution in [0.2, 0.25) is 0 Å². The standard InChI is InChI=1S/C20H24N2O5S/c1-26-18-7-5-16(6-8-18)14-21-15-20(23)17-3-2-4-19(13-17)28(24,25)22-9-11-27-12-10-22/h2-8,13,21H,9-12,14-15H2,1H3. The minimum Gasteiger partial charge on any atom is -0.497 e. The third kappa shape index (κ3) is 4.96. The first-order valence-corrected chi connectivity index (χ1v) is 10.5. The summed E-state index contributed by atoms with van der Waals surface area (Å²) in [6.07, 6.45) is 0. The number of hydrogen-bond donors (Lipinski definition) is 1. The topological polar surface area (TPSA) is 84.9 Å². The summed E-state index contributed by atoms with van der Waals surface area (Å²) in [4.78, 5) is 12.6. The number of ketones is 1. The first kappa shape index (κ1) is 20.5. The fraction of sp³-hybridized carbons (Fsp3) is 0.350. The molecule has 1 aliphatic rings. The molecular weight excluding hydrogens is 380 g/mol. The highest BCUT2D eigenvalue weighted by atomic mass is 32.2. The molecule has 2 aromatic rings. The van der Waals surface area contributed by atoms with Gasteiger partial charge < -0.3 is 14.8 Å². The van der Waals surface area contributed by atoms with Crippen molar-refractivity contribution in [3.63, 3.8) is 0 Å². The van der Waals surface area contributed by atoms with E-state index >= 15 is 0 Å². The summed E-state index contributed by atoms with van der Waals surface area (Å²) < 4.78 is 37.2. The first-order valence-electron chi connectivity index (χ1n) is 9.05. The van der Waals surface area contributed by atoms with Gasteiger partial charge in [-0.2, -0.15) is 4.31 Å². The third-order valence-electron chi connectivity index (χ3n) is 4.54. The minimum atomic E-state index is -3.62. The van der Waals surface area contributed by atoms with E-state index < -0.39 is 10.0 Å². The van der Waals surface area contributed by atoms with Crippen molar-refractivity contribution in [3.8, 4) is 5.75 Å². The number of carbonyl (C=O) groups excluding carboxylic acids is 1. The second-order valence-electron chi connectivity index (χ2n) is 6.42. The summed E-state index contributed by atoms with van der Waals surface area (Å²) in [5.41, 5.74) is 1.40. The fourth-order valence-electron chi connectivity index (χ4n) is 2.93. The van der Waals surface area contributed by atoms with Crippen molar-refractivity contribution in [2.45, 2.75) is 11.4 Å². The van der Waals surface area contributed by atoms with Crippen LogP contribution in [0.15, 0.2) is 53.4 Å². The summed E-state index contributed by atoms with van der Waals surface area (Å²) in [5.74, 6) is 0.616. The maximum absolute atomic E-state index is 12.7. The molecule has 28 heavy (non-hydrogen) atoms. The Kier molecular flexibility index (Phi) is 6.79. The molecule has 0 amide bonds. The maximum Gasteiger partial charge on any atom is 0.243 e. The molecule has 0 aromatic heterocycles. The Morgan fingerprint density at radius 1 is 1.14 bits per heavy atom. The number of morpholine rings is 1. The number of benzene rings is 2. The van der Waals surface area contributed by atoms with Gasteiger partial charge in [0.2, 0.25) is 10.0 Å². The Hall–Kier alpha value is -2.26. The molecule has 0 saturated carbocycles. The van der Waals surface area contributed by atoms with Gasteiger partial charge in [-0.3, -0.25) is 4.79 Å². The van der Waals surface area contributed by atoms with Crippen LogP contribution in [0.1, 0.15) is 15.9 Å². The number of Topliss-reactive ketones (excluding diaryl/α,β-unsaturated/α-hetero) is 1. The van der Waals surface area contributed by atoms with Crippen molar-refractivity contribution in [2.75, 3.05) is 40.0 Å². The molecule has 1 saturated heterocycles. The van der Waals surface area contributed by atoms with Crippen LogP contribution >= 0.6 is 0 Å². The Morgan fingerprint density at radius 3 is 2.54 bits per heavy atom. The molecule has 0 spiro atoms. The SMILES string of the molecule is COc1ccc(CNCC(=O)c2cccc(S(=O)(=O)N3CCOCC3)c2)cc1. The number of carbonyl (C=O) groups is 1. The molecule has 7 nitrogen and oxygen atoms in total. The van der Waals surface area contributed by atoms with Crippen molar-refractivity contribution >= 4 is 15.8 Å². The van der Waals surface area contributed by atoms with Crippen molar-refractivity contribution in [1.82, 2.24) is 9.62 Å². The zero-order valence-corrected chi connectivity index (χ0v) is 16.6. The van der Waals surface area contributed by atoms with Crippen LogP contribution in [0, 0.1) is 0 Å². The van der Waals surface area contributed by atoms with E-state index in [4.69, 9.17) is 9.47 Å². The van der Waals surface area contributed by atoms with E-state index in [2.05, 4.69) is 5.32 Å². The number of nitrogens with one attached hydrogen (secondary N) is 1. The highest BCUT2D eigenvalue weighted by Gasteiger charge is 2.26. The summed E-state index contributed by atoms with van der Waals surface area (Å²) >= 11 is 0. The van der Waals surface area contributed by atoms with Gasteiger partial charge in [0, 0.05) is 25.2 Å². The highest BCUT2D eigenvalue weighted by molar-refractivity contribution is 7.89. The van der Waals surface area contributed by atoms with Gasteiger partial charge in [0.15, 0.2) is 5.78 Å². The van der Waals surface area contributed by atoms with Crippen LogP contribution in [-0.2, 0) is 21.3 Å². The number of hydrogen-bond acceptors (Lipinski definition) is 6. The molecule has 150 valence electrons. The Labute approximate surface area is 165 Å². The predicted molar refractivity (Wildman–Crippen MR) is 105 cm³/mol. The van der Waals surface area contributed by atoms with E-state index in [1.165, 1.54) is 16.4 Å². The van der Waals surface area contributed by atoms with E-state index in [0.29, 0.717) is 38.4 Å². The highest BCUT2D eigenvalue weighted by Crippen LogP contribution is 2.18. The van der Waals surface area contributed by atoms with Crippen LogP contribution in [0.4, 0.5) is 0 Å². The summed E-state index contributed by atoms with van der Waals surface area (Å²) in [7, 11) is -2.01. The zero-order valence-electron chi connectivity index (χ0n) is 15.8. The first-order chi connectivity index (χ1) is 13.5. The van der Waals surface area contributed by atoms with E-state index in [9.17, 15) is 13.2 Å². The molecule has 1 N–H and O–H groups in total. The number of ether oxygens (including phenoxy) is 2. The molecule has 0 radical (unpaired) electrons. The smallest absolute Gasteiger partial charge is 0.243 e. The number of rotatable bonds is 8. The number of sulfonamides is 1. The summed E-state index contributed by atoms with van der Waals surface area (Å²) in [6, 6.07) is 13.8. The zero-order chi connectivity index (χ0) is 20.0. The molecule has 3 rings (SSSR count). The van der Waals surface area contributed by atoms with Gasteiger partial charge in [0.05, 0.1) is 31.8 Å². The van der Waals surface area contributed by atoms with Crippen LogP contribution < -0.4 is 10.1 Å². The second kappa shape index (κ2) is 9.29. The van der Waals surface area contributed by atoms with Gasteiger partial charge in [-0.1, -0.05) is 24.3 Å². The van der Waals surface area contributed by atoms with Gasteiger partial charge in [0.1, 0.15) is 5.75 Å². The normalized spacial score (nSPS) is 15.3. The lowest BCUT2D eigenvalue weighted by Crippen LogP contribution is -2.40. The molecule has 0 bridgehead atoms. The van der Waals surface area contributed by atoms with Crippen LogP contribution in [0.3, 0.4) is 0 Å². The Bertz CT molecular complexity index is 906. The average molecular weight is 404 g/mol. The maximum atomic E-state index is 12.7. The van der Waals surface area contributed by atoms with E-state index in [1.807, 2.05) is 24.3 Å². The van der Waals surface area contributed by atoms with E-state index in [-0.39, 0.29) is 17.2 Å². The monoisotopic (exact) mass is 404 g/mol. The van der Waals surface area contributed by atoms with Crippen LogP contribution in [0.5, 0.6) is 5.75 Å². The van der Waals surface area contributed by atoms with Gasteiger partial charge >= 0.3 is 0 Å². The molecule has 1 fully saturated rings. The largest absolute Gasteiger partial charge is 0.497 e. The molecule has 0 atom stereocenters. The minimum absolute atomic E-state index is 0.118. The summed E-state index contributed by atoms with van der Waals surface area (Å²) in [5, 5.41) is 3.09. The van der Waals surface area contributed by atoms with Crippen molar-refractivity contribution in [2.24, 2.45) is 0 Å².